The van der Waals surface area contributed by atoms with E-state index in [2.05, 4.69) is 17.2 Å². The molecule has 4 nitrogen and oxygen atoms in total. The van der Waals surface area contributed by atoms with Crippen LogP contribution >= 0.6 is 11.8 Å². The second kappa shape index (κ2) is 4.74. The first kappa shape index (κ1) is 12.3. The number of hydrogen-bond acceptors (Lipinski definition) is 3. The van der Waals surface area contributed by atoms with Gasteiger partial charge < -0.3 is 5.11 Å². The van der Waals surface area contributed by atoms with Crippen LogP contribution in [0.5, 0.6) is 0 Å². The largest absolute Gasteiger partial charge is 0.476 e. The average Bonchev–Trinajstić information content (AvgIpc) is 3.11. The van der Waals surface area contributed by atoms with Crippen LogP contribution in [0.4, 0.5) is 0 Å². The Morgan fingerprint density at radius 2 is 2.05 bits per heavy atom. The molecule has 1 aliphatic rings. The van der Waals surface area contributed by atoms with Gasteiger partial charge >= 0.3 is 5.97 Å². The van der Waals surface area contributed by atoms with Crippen molar-refractivity contribution in [2.24, 2.45) is 7.05 Å². The maximum atomic E-state index is 10.9. The van der Waals surface area contributed by atoms with E-state index in [1.165, 1.54) is 17.7 Å². The van der Waals surface area contributed by atoms with Crippen molar-refractivity contribution >= 4 is 17.7 Å². The van der Waals surface area contributed by atoms with Crippen LogP contribution in [-0.4, -0.2) is 26.1 Å². The zero-order chi connectivity index (χ0) is 13.4. The second-order valence-corrected chi connectivity index (χ2v) is 6.06. The Morgan fingerprint density at radius 1 is 1.37 bits per heavy atom. The molecule has 0 unspecified atom stereocenters. The van der Waals surface area contributed by atoms with Crippen molar-refractivity contribution in [2.75, 3.05) is 0 Å². The van der Waals surface area contributed by atoms with Crippen LogP contribution in [0.1, 0.15) is 23.3 Å². The summed E-state index contributed by atoms with van der Waals surface area (Å²) in [7, 11) is 1.76. The topological polar surface area (TPSA) is 55.1 Å². The molecule has 5 heteroatoms. The standard InChI is InChI=1S/C14H14N2O2S/c1-16-13(8-12(15-16)14(17)18)9-2-4-10(5-3-9)19-11-6-7-11/h2-5,8,11H,6-7H2,1H3,(H,17,18). The van der Waals surface area contributed by atoms with Crippen LogP contribution in [-0.2, 0) is 7.05 Å². The zero-order valence-electron chi connectivity index (χ0n) is 10.5. The van der Waals surface area contributed by atoms with Gasteiger partial charge in [-0.25, -0.2) is 4.79 Å². The minimum absolute atomic E-state index is 0.0777. The molecule has 0 radical (unpaired) electrons. The van der Waals surface area contributed by atoms with Crippen molar-refractivity contribution in [1.29, 1.82) is 0 Å². The van der Waals surface area contributed by atoms with E-state index in [0.717, 1.165) is 16.5 Å². The number of rotatable bonds is 4. The Morgan fingerprint density at radius 3 is 2.58 bits per heavy atom. The third-order valence-corrected chi connectivity index (χ3v) is 4.43. The number of carbonyl (C=O) groups is 1. The number of nitrogens with zero attached hydrogens (tertiary/aromatic N) is 2. The second-order valence-electron chi connectivity index (χ2n) is 4.69. The Balaban J connectivity index is 1.86. The molecule has 19 heavy (non-hydrogen) atoms. The van der Waals surface area contributed by atoms with E-state index in [1.807, 2.05) is 23.9 Å². The summed E-state index contributed by atoms with van der Waals surface area (Å²) in [6, 6.07) is 9.82. The van der Waals surface area contributed by atoms with Gasteiger partial charge in [0.2, 0.25) is 0 Å². The first-order valence-corrected chi connectivity index (χ1v) is 7.06. The monoisotopic (exact) mass is 274 g/mol. The minimum atomic E-state index is -0.997. The SMILES string of the molecule is Cn1nc(C(=O)O)cc1-c1ccc(SC2CC2)cc1. The molecule has 1 saturated carbocycles. The first-order chi connectivity index (χ1) is 9.13. The third-order valence-electron chi connectivity index (χ3n) is 3.08. The van der Waals surface area contributed by atoms with Crippen LogP contribution in [0.25, 0.3) is 11.3 Å². The summed E-state index contributed by atoms with van der Waals surface area (Å²) in [4.78, 5) is 12.2. The van der Waals surface area contributed by atoms with Gasteiger partial charge in [-0.3, -0.25) is 4.68 Å². The molecule has 0 amide bonds. The number of aryl methyl sites for hydroxylation is 1. The molecule has 1 aliphatic carbocycles. The molecule has 2 aromatic rings. The molecule has 0 spiro atoms. The lowest BCUT2D eigenvalue weighted by molar-refractivity contribution is 0.0689. The number of aromatic nitrogens is 2. The maximum absolute atomic E-state index is 10.9. The molecule has 1 fully saturated rings. The summed E-state index contributed by atoms with van der Waals surface area (Å²) >= 11 is 1.91. The Labute approximate surface area is 115 Å². The van der Waals surface area contributed by atoms with E-state index >= 15 is 0 Å². The zero-order valence-corrected chi connectivity index (χ0v) is 11.4. The van der Waals surface area contributed by atoms with E-state index in [9.17, 15) is 4.79 Å². The molecule has 1 aromatic carbocycles. The van der Waals surface area contributed by atoms with Gasteiger partial charge in [0.1, 0.15) is 0 Å². The molecule has 0 atom stereocenters. The summed E-state index contributed by atoms with van der Waals surface area (Å²) < 4.78 is 1.60. The van der Waals surface area contributed by atoms with Crippen molar-refractivity contribution in [3.8, 4) is 11.3 Å². The minimum Gasteiger partial charge on any atom is -0.476 e. The highest BCUT2D eigenvalue weighted by Crippen LogP contribution is 2.39. The van der Waals surface area contributed by atoms with Gasteiger partial charge in [-0.2, -0.15) is 5.10 Å². The van der Waals surface area contributed by atoms with Gasteiger partial charge in [0.05, 0.1) is 5.69 Å². The smallest absolute Gasteiger partial charge is 0.356 e. The summed E-state index contributed by atoms with van der Waals surface area (Å²) in [5, 5.41) is 13.7. The van der Waals surface area contributed by atoms with Gasteiger partial charge in [0, 0.05) is 17.2 Å². The normalized spacial score (nSPS) is 14.6. The summed E-state index contributed by atoms with van der Waals surface area (Å²) in [6.45, 7) is 0. The number of benzene rings is 1. The molecule has 0 bridgehead atoms. The Kier molecular flexibility index (Phi) is 3.06. The molecular weight excluding hydrogens is 260 g/mol. The molecule has 98 valence electrons. The van der Waals surface area contributed by atoms with Crippen molar-refractivity contribution < 1.29 is 9.90 Å². The van der Waals surface area contributed by atoms with Crippen LogP contribution in [0.2, 0.25) is 0 Å². The van der Waals surface area contributed by atoms with E-state index in [1.54, 1.807) is 17.8 Å². The number of carboxylic acids is 1. The molecule has 1 N–H and O–H groups in total. The average molecular weight is 274 g/mol. The molecule has 0 saturated heterocycles. The summed E-state index contributed by atoms with van der Waals surface area (Å²) in [5.41, 5.74) is 1.89. The lowest BCUT2D eigenvalue weighted by Gasteiger charge is -2.03. The molecular formula is C14H14N2O2S. The Bertz CT molecular complexity index is 615. The fourth-order valence-corrected chi connectivity index (χ4v) is 2.97. The number of aromatic carboxylic acids is 1. The summed E-state index contributed by atoms with van der Waals surface area (Å²) in [5.74, 6) is -0.997. The number of thioether (sulfide) groups is 1. The fourth-order valence-electron chi connectivity index (χ4n) is 1.92. The quantitative estimate of drug-likeness (QED) is 0.931. The van der Waals surface area contributed by atoms with Gasteiger partial charge in [-0.15, -0.1) is 11.8 Å². The molecule has 3 rings (SSSR count). The van der Waals surface area contributed by atoms with E-state index < -0.39 is 5.97 Å². The van der Waals surface area contributed by atoms with Gasteiger partial charge in [-0.1, -0.05) is 12.1 Å². The van der Waals surface area contributed by atoms with Crippen molar-refractivity contribution in [1.82, 2.24) is 9.78 Å². The number of carboxylic acid groups (broad SMARTS) is 1. The van der Waals surface area contributed by atoms with E-state index in [-0.39, 0.29) is 5.69 Å². The highest BCUT2D eigenvalue weighted by molar-refractivity contribution is 8.00. The van der Waals surface area contributed by atoms with E-state index in [0.29, 0.717) is 0 Å². The third kappa shape index (κ3) is 2.66. The first-order valence-electron chi connectivity index (χ1n) is 6.18. The lowest BCUT2D eigenvalue weighted by atomic mass is 10.1. The highest BCUT2D eigenvalue weighted by atomic mass is 32.2. The van der Waals surface area contributed by atoms with Gasteiger partial charge in [0.15, 0.2) is 5.69 Å². The highest BCUT2D eigenvalue weighted by Gasteiger charge is 2.22. The van der Waals surface area contributed by atoms with Crippen LogP contribution in [0, 0.1) is 0 Å². The van der Waals surface area contributed by atoms with Gasteiger partial charge in [-0.05, 0) is 36.6 Å². The van der Waals surface area contributed by atoms with Crippen LogP contribution < -0.4 is 0 Å². The molecule has 1 aromatic heterocycles. The number of hydrogen-bond donors (Lipinski definition) is 1. The predicted octanol–water partition coefficient (Wildman–Crippen LogP) is 3.04. The van der Waals surface area contributed by atoms with Crippen molar-refractivity contribution in [3.63, 3.8) is 0 Å². The molecule has 1 heterocycles. The van der Waals surface area contributed by atoms with Crippen LogP contribution in [0.15, 0.2) is 35.2 Å². The van der Waals surface area contributed by atoms with Crippen LogP contribution in [0.3, 0.4) is 0 Å². The maximum Gasteiger partial charge on any atom is 0.356 e. The van der Waals surface area contributed by atoms with Crippen molar-refractivity contribution in [2.45, 2.75) is 23.0 Å². The molecule has 0 aliphatic heterocycles. The van der Waals surface area contributed by atoms with E-state index in [4.69, 9.17) is 5.11 Å². The summed E-state index contributed by atoms with van der Waals surface area (Å²) in [6.07, 6.45) is 2.63. The lowest BCUT2D eigenvalue weighted by Crippen LogP contribution is -1.99. The van der Waals surface area contributed by atoms with Crippen molar-refractivity contribution in [3.05, 3.63) is 36.0 Å². The fraction of sp³-hybridized carbons (Fsp3) is 0.286. The van der Waals surface area contributed by atoms with Gasteiger partial charge in [0.25, 0.3) is 0 Å². The predicted molar refractivity (Wildman–Crippen MR) is 74.5 cm³/mol. The Hall–Kier alpha value is -1.75.